The first kappa shape index (κ1) is 7.03. The lowest BCUT2D eigenvalue weighted by Crippen LogP contribution is -2.23. The van der Waals surface area contributed by atoms with Gasteiger partial charge in [-0.25, -0.2) is 0 Å². The van der Waals surface area contributed by atoms with Crippen LogP contribution in [0, 0.1) is 0 Å². The Labute approximate surface area is 69.5 Å². The van der Waals surface area contributed by atoms with Crippen LogP contribution in [0.15, 0.2) is 35.5 Å². The number of carbonyl (C=O) groups excluding carboxylic acids is 2. The Bertz CT molecular complexity index is 348. The summed E-state index contributed by atoms with van der Waals surface area (Å²) in [7, 11) is 0. The Morgan fingerprint density at radius 2 is 2.00 bits per heavy atom. The lowest BCUT2D eigenvalue weighted by molar-refractivity contribution is -0.124. The fourth-order valence-electron chi connectivity index (χ4n) is 1.30. The smallest absolute Gasteiger partial charge is 0.258 e. The van der Waals surface area contributed by atoms with Crippen molar-refractivity contribution in [1.82, 2.24) is 5.32 Å². The summed E-state index contributed by atoms with van der Waals surface area (Å²) < 4.78 is 0. The molecule has 3 nitrogen and oxygen atoms in total. The van der Waals surface area contributed by atoms with Crippen molar-refractivity contribution in [2.24, 2.45) is 0 Å². The molecule has 1 heterocycles. The van der Waals surface area contributed by atoms with Gasteiger partial charge in [0.1, 0.15) is 0 Å². The molecule has 0 unspecified atom stereocenters. The van der Waals surface area contributed by atoms with Crippen LogP contribution in [0.3, 0.4) is 0 Å². The van der Waals surface area contributed by atoms with Gasteiger partial charge in [-0.1, -0.05) is 18.2 Å². The second-order valence-corrected chi connectivity index (χ2v) is 2.67. The molecule has 0 saturated carbocycles. The van der Waals surface area contributed by atoms with Crippen LogP contribution >= 0.6 is 0 Å². The molecule has 60 valence electrons. The van der Waals surface area contributed by atoms with Crippen molar-refractivity contribution in [3.8, 4) is 0 Å². The van der Waals surface area contributed by atoms with E-state index in [2.05, 4.69) is 5.32 Å². The highest BCUT2D eigenvalue weighted by atomic mass is 16.2. The van der Waals surface area contributed by atoms with E-state index in [-0.39, 0.29) is 11.8 Å². The monoisotopic (exact) mass is 161 g/mol. The molecule has 2 amide bonds. The SMILES string of the molecule is O=C1NC(=O)C2=C1C=CC=CC2. The Morgan fingerprint density at radius 3 is 2.83 bits per heavy atom. The van der Waals surface area contributed by atoms with E-state index in [0.717, 1.165) is 0 Å². The molecule has 1 aliphatic carbocycles. The van der Waals surface area contributed by atoms with Crippen molar-refractivity contribution >= 4 is 11.8 Å². The molecule has 12 heavy (non-hydrogen) atoms. The standard InChI is InChI=1S/C9H7NO2/c11-8-6-4-2-1-3-5-7(6)9(12)10-8/h1-4H,5H2,(H,10,11,12). The minimum absolute atomic E-state index is 0.258. The number of nitrogens with one attached hydrogen (secondary N) is 1. The number of rotatable bonds is 0. The van der Waals surface area contributed by atoms with Gasteiger partial charge in [-0.05, 0) is 12.5 Å². The molecule has 1 aliphatic heterocycles. The predicted molar refractivity (Wildman–Crippen MR) is 43.1 cm³/mol. The lowest BCUT2D eigenvalue weighted by Gasteiger charge is -1.91. The summed E-state index contributed by atoms with van der Waals surface area (Å²) in [6.07, 6.45) is 7.66. The highest BCUT2D eigenvalue weighted by Gasteiger charge is 2.27. The normalized spacial score (nSPS) is 21.0. The summed E-state index contributed by atoms with van der Waals surface area (Å²) in [6, 6.07) is 0. The molecule has 0 aromatic heterocycles. The van der Waals surface area contributed by atoms with Gasteiger partial charge in [0, 0.05) is 11.1 Å². The first-order chi connectivity index (χ1) is 5.79. The van der Waals surface area contributed by atoms with Gasteiger partial charge in [0.25, 0.3) is 11.8 Å². The fourth-order valence-corrected chi connectivity index (χ4v) is 1.30. The molecular formula is C9H7NO2. The third-order valence-electron chi connectivity index (χ3n) is 1.90. The van der Waals surface area contributed by atoms with E-state index >= 15 is 0 Å². The molecule has 0 aromatic carbocycles. The third kappa shape index (κ3) is 0.906. The molecule has 0 saturated heterocycles. The third-order valence-corrected chi connectivity index (χ3v) is 1.90. The van der Waals surface area contributed by atoms with Crippen LogP contribution in [-0.4, -0.2) is 11.8 Å². The zero-order valence-electron chi connectivity index (χ0n) is 6.33. The van der Waals surface area contributed by atoms with E-state index in [1.165, 1.54) is 0 Å². The topological polar surface area (TPSA) is 46.2 Å². The molecule has 0 aromatic rings. The first-order valence-electron chi connectivity index (χ1n) is 3.71. The summed E-state index contributed by atoms with van der Waals surface area (Å²) in [6.45, 7) is 0. The Balaban J connectivity index is 2.50. The maximum Gasteiger partial charge on any atom is 0.258 e. The van der Waals surface area contributed by atoms with Crippen LogP contribution in [0.4, 0.5) is 0 Å². The second-order valence-electron chi connectivity index (χ2n) is 2.67. The van der Waals surface area contributed by atoms with Crippen LogP contribution in [0.5, 0.6) is 0 Å². The number of allylic oxidation sites excluding steroid dienone is 3. The highest BCUT2D eigenvalue weighted by molar-refractivity contribution is 6.20. The minimum atomic E-state index is -0.282. The molecule has 0 bridgehead atoms. The maximum atomic E-state index is 11.1. The molecule has 0 fully saturated rings. The maximum absolute atomic E-state index is 11.1. The summed E-state index contributed by atoms with van der Waals surface area (Å²) in [5.41, 5.74) is 1.08. The number of hydrogen-bond acceptors (Lipinski definition) is 2. The Morgan fingerprint density at radius 1 is 1.17 bits per heavy atom. The predicted octanol–water partition coefficient (Wildman–Crippen LogP) is 0.455. The van der Waals surface area contributed by atoms with Gasteiger partial charge in [0.15, 0.2) is 0 Å². The minimum Gasteiger partial charge on any atom is -0.288 e. The molecule has 2 rings (SSSR count). The molecule has 0 atom stereocenters. The zero-order chi connectivity index (χ0) is 8.55. The van der Waals surface area contributed by atoms with E-state index in [1.807, 2.05) is 12.2 Å². The average Bonchev–Trinajstić information content (AvgIpc) is 2.29. The van der Waals surface area contributed by atoms with E-state index in [9.17, 15) is 9.59 Å². The number of carbonyl (C=O) groups is 2. The summed E-state index contributed by atoms with van der Waals surface area (Å²) in [5.74, 6) is -0.541. The second kappa shape index (κ2) is 2.44. The van der Waals surface area contributed by atoms with Crippen LogP contribution < -0.4 is 5.32 Å². The van der Waals surface area contributed by atoms with Crippen molar-refractivity contribution in [1.29, 1.82) is 0 Å². The summed E-state index contributed by atoms with van der Waals surface area (Å²) in [5, 5.41) is 2.25. The number of imide groups is 1. The van der Waals surface area contributed by atoms with Crippen molar-refractivity contribution in [2.75, 3.05) is 0 Å². The van der Waals surface area contributed by atoms with Crippen LogP contribution in [0.25, 0.3) is 0 Å². The van der Waals surface area contributed by atoms with Crippen LogP contribution in [0.1, 0.15) is 6.42 Å². The average molecular weight is 161 g/mol. The zero-order valence-corrected chi connectivity index (χ0v) is 6.33. The van der Waals surface area contributed by atoms with Crippen molar-refractivity contribution in [3.05, 3.63) is 35.5 Å². The quantitative estimate of drug-likeness (QED) is 0.524. The van der Waals surface area contributed by atoms with E-state index in [4.69, 9.17) is 0 Å². The van der Waals surface area contributed by atoms with Gasteiger partial charge in [-0.3, -0.25) is 14.9 Å². The molecule has 3 heteroatoms. The van der Waals surface area contributed by atoms with Gasteiger partial charge in [0.2, 0.25) is 0 Å². The molecule has 0 radical (unpaired) electrons. The van der Waals surface area contributed by atoms with E-state index < -0.39 is 0 Å². The van der Waals surface area contributed by atoms with E-state index in [1.54, 1.807) is 12.2 Å². The van der Waals surface area contributed by atoms with Crippen LogP contribution in [0.2, 0.25) is 0 Å². The van der Waals surface area contributed by atoms with Gasteiger partial charge < -0.3 is 0 Å². The Kier molecular flexibility index (Phi) is 1.43. The van der Waals surface area contributed by atoms with Crippen LogP contribution in [-0.2, 0) is 9.59 Å². The van der Waals surface area contributed by atoms with Gasteiger partial charge in [-0.15, -0.1) is 0 Å². The molecule has 2 aliphatic rings. The van der Waals surface area contributed by atoms with Crippen molar-refractivity contribution in [3.63, 3.8) is 0 Å². The lowest BCUT2D eigenvalue weighted by atomic mass is 10.1. The van der Waals surface area contributed by atoms with Gasteiger partial charge in [0.05, 0.1) is 0 Å². The Hall–Kier alpha value is -1.64. The fraction of sp³-hybridized carbons (Fsp3) is 0.111. The molecule has 0 spiro atoms. The highest BCUT2D eigenvalue weighted by Crippen LogP contribution is 2.19. The molecular weight excluding hydrogens is 154 g/mol. The number of amides is 2. The van der Waals surface area contributed by atoms with Crippen molar-refractivity contribution in [2.45, 2.75) is 6.42 Å². The van der Waals surface area contributed by atoms with E-state index in [0.29, 0.717) is 17.6 Å². The largest absolute Gasteiger partial charge is 0.288 e. The van der Waals surface area contributed by atoms with Crippen molar-refractivity contribution < 1.29 is 9.59 Å². The summed E-state index contributed by atoms with van der Waals surface area (Å²) >= 11 is 0. The molecule has 1 N–H and O–H groups in total. The summed E-state index contributed by atoms with van der Waals surface area (Å²) in [4.78, 5) is 22.2. The van der Waals surface area contributed by atoms with Gasteiger partial charge >= 0.3 is 0 Å². The first-order valence-corrected chi connectivity index (χ1v) is 3.71. The van der Waals surface area contributed by atoms with Gasteiger partial charge in [-0.2, -0.15) is 0 Å². The number of hydrogen-bond donors (Lipinski definition) is 1.